The number of rotatable bonds is 7. The molecular weight excluding hydrogens is 310 g/mol. The molecule has 1 amide bonds. The van der Waals surface area contributed by atoms with Gasteiger partial charge in [-0.2, -0.15) is 0 Å². The van der Waals surface area contributed by atoms with E-state index in [-0.39, 0.29) is 17.7 Å². The molecule has 0 spiro atoms. The van der Waals surface area contributed by atoms with E-state index in [1.807, 2.05) is 38.2 Å². The van der Waals surface area contributed by atoms with Crippen LogP contribution in [0.15, 0.2) is 60.8 Å². The van der Waals surface area contributed by atoms with Crippen LogP contribution < -0.4 is 10.6 Å². The molecule has 0 aliphatic rings. The average Bonchev–Trinajstić information content (AvgIpc) is 3.07. The molecule has 0 saturated carbocycles. The van der Waals surface area contributed by atoms with Gasteiger partial charge in [-0.05, 0) is 24.2 Å². The predicted molar refractivity (Wildman–Crippen MR) is 103 cm³/mol. The third-order valence-electron chi connectivity index (χ3n) is 4.64. The number of hydrogen-bond donors (Lipinski definition) is 3. The van der Waals surface area contributed by atoms with E-state index >= 15 is 0 Å². The summed E-state index contributed by atoms with van der Waals surface area (Å²) < 4.78 is 0. The fraction of sp³-hybridized carbons (Fsp3) is 0.286. The van der Waals surface area contributed by atoms with Crippen LogP contribution in [0.2, 0.25) is 0 Å². The lowest BCUT2D eigenvalue weighted by Gasteiger charge is -2.20. The van der Waals surface area contributed by atoms with Crippen LogP contribution in [-0.4, -0.2) is 31.0 Å². The minimum atomic E-state index is -0.0515. The van der Waals surface area contributed by atoms with Crippen molar-refractivity contribution in [2.75, 3.05) is 20.1 Å². The lowest BCUT2D eigenvalue weighted by molar-refractivity contribution is -0.124. The van der Waals surface area contributed by atoms with Gasteiger partial charge < -0.3 is 15.6 Å². The smallest absolute Gasteiger partial charge is 0.224 e. The van der Waals surface area contributed by atoms with E-state index in [1.165, 1.54) is 16.5 Å². The van der Waals surface area contributed by atoms with E-state index in [1.54, 1.807) is 0 Å². The van der Waals surface area contributed by atoms with Crippen molar-refractivity contribution in [1.29, 1.82) is 0 Å². The second-order valence-corrected chi connectivity index (χ2v) is 6.46. The molecule has 1 aromatic heterocycles. The van der Waals surface area contributed by atoms with Crippen molar-refractivity contribution in [2.24, 2.45) is 5.92 Å². The third-order valence-corrected chi connectivity index (χ3v) is 4.64. The number of amides is 1. The molecule has 4 heteroatoms. The Labute approximate surface area is 148 Å². The lowest BCUT2D eigenvalue weighted by atomic mass is 9.90. The van der Waals surface area contributed by atoms with Crippen LogP contribution in [0.1, 0.15) is 24.0 Å². The maximum absolute atomic E-state index is 12.3. The molecule has 3 aromatic rings. The number of para-hydroxylation sites is 1. The molecule has 3 N–H and O–H groups in total. The number of H-pyrrole nitrogens is 1. The Balaban J connectivity index is 1.88. The highest BCUT2D eigenvalue weighted by Crippen LogP contribution is 2.30. The van der Waals surface area contributed by atoms with Crippen molar-refractivity contribution in [2.45, 2.75) is 12.8 Å². The number of carbonyl (C=O) groups excluding carboxylic acids is 1. The molecule has 2 aromatic carbocycles. The van der Waals surface area contributed by atoms with Gasteiger partial charge in [-0.25, -0.2) is 0 Å². The van der Waals surface area contributed by atoms with E-state index in [0.717, 1.165) is 5.52 Å². The fourth-order valence-electron chi connectivity index (χ4n) is 3.25. The number of hydrogen-bond acceptors (Lipinski definition) is 2. The molecule has 0 saturated heterocycles. The zero-order chi connectivity index (χ0) is 17.6. The summed E-state index contributed by atoms with van der Waals surface area (Å²) in [7, 11) is 1.86. The summed E-state index contributed by atoms with van der Waals surface area (Å²) in [5.41, 5.74) is 3.53. The normalized spacial score (nSPS) is 13.5. The zero-order valence-electron chi connectivity index (χ0n) is 14.8. The van der Waals surface area contributed by atoms with E-state index < -0.39 is 0 Å². The van der Waals surface area contributed by atoms with Crippen molar-refractivity contribution >= 4 is 16.8 Å². The Morgan fingerprint density at radius 2 is 1.76 bits per heavy atom. The first-order valence-electron chi connectivity index (χ1n) is 8.74. The third kappa shape index (κ3) is 3.91. The molecule has 2 atom stereocenters. The highest BCUT2D eigenvalue weighted by atomic mass is 16.1. The minimum absolute atomic E-state index is 0.0515. The van der Waals surface area contributed by atoms with E-state index in [4.69, 9.17) is 0 Å². The monoisotopic (exact) mass is 335 g/mol. The fourth-order valence-corrected chi connectivity index (χ4v) is 3.25. The van der Waals surface area contributed by atoms with Crippen LogP contribution in [0, 0.1) is 5.92 Å². The van der Waals surface area contributed by atoms with Gasteiger partial charge in [-0.15, -0.1) is 0 Å². The Bertz CT molecular complexity index is 825. The molecular formula is C21H25N3O. The van der Waals surface area contributed by atoms with Gasteiger partial charge in [0.2, 0.25) is 5.91 Å². The Morgan fingerprint density at radius 1 is 1.04 bits per heavy atom. The van der Waals surface area contributed by atoms with Crippen LogP contribution in [0.4, 0.5) is 0 Å². The lowest BCUT2D eigenvalue weighted by Crippen LogP contribution is -2.36. The van der Waals surface area contributed by atoms with Gasteiger partial charge in [0.1, 0.15) is 0 Å². The summed E-state index contributed by atoms with van der Waals surface area (Å²) in [5, 5.41) is 7.38. The summed E-state index contributed by atoms with van der Waals surface area (Å²) in [6, 6.07) is 18.6. The van der Waals surface area contributed by atoms with Crippen LogP contribution in [0.5, 0.6) is 0 Å². The van der Waals surface area contributed by atoms with E-state index in [0.29, 0.717) is 13.1 Å². The Hall–Kier alpha value is -2.59. The van der Waals surface area contributed by atoms with Gasteiger partial charge in [0.05, 0.1) is 0 Å². The van der Waals surface area contributed by atoms with Crippen LogP contribution in [0.25, 0.3) is 10.9 Å². The second kappa shape index (κ2) is 7.99. The molecule has 0 aliphatic carbocycles. The maximum atomic E-state index is 12.3. The number of fused-ring (bicyclic) bond motifs is 1. The van der Waals surface area contributed by atoms with Gasteiger partial charge in [-0.3, -0.25) is 4.79 Å². The number of aromatic nitrogens is 1. The molecule has 25 heavy (non-hydrogen) atoms. The molecule has 4 nitrogen and oxygen atoms in total. The molecule has 0 radical (unpaired) electrons. The Kier molecular flexibility index (Phi) is 5.51. The molecule has 1 heterocycles. The quantitative estimate of drug-likeness (QED) is 0.621. The summed E-state index contributed by atoms with van der Waals surface area (Å²) in [6.45, 7) is 3.20. The minimum Gasteiger partial charge on any atom is -0.361 e. The first-order chi connectivity index (χ1) is 12.2. The summed E-state index contributed by atoms with van der Waals surface area (Å²) in [6.07, 6.45) is 2.06. The van der Waals surface area contributed by atoms with Crippen LogP contribution >= 0.6 is 0 Å². The number of benzene rings is 2. The average molecular weight is 335 g/mol. The topological polar surface area (TPSA) is 56.9 Å². The van der Waals surface area contributed by atoms with Gasteiger partial charge in [0.15, 0.2) is 0 Å². The number of aromatic amines is 1. The summed E-state index contributed by atoms with van der Waals surface area (Å²) >= 11 is 0. The SMILES string of the molecule is CNCC(C)C(=O)NCC(c1ccccc1)c1c[nH]c2ccccc12. The van der Waals surface area contributed by atoms with Gasteiger partial charge in [-0.1, -0.05) is 55.5 Å². The molecule has 2 unspecified atom stereocenters. The molecule has 3 rings (SSSR count). The van der Waals surface area contributed by atoms with Crippen molar-refractivity contribution in [3.63, 3.8) is 0 Å². The standard InChI is InChI=1S/C21H25N3O/c1-15(12-22-2)21(25)24-13-18(16-8-4-3-5-9-16)19-14-23-20-11-7-6-10-17(19)20/h3-11,14-15,18,22-23H,12-13H2,1-2H3,(H,24,25). The van der Waals surface area contributed by atoms with Gasteiger partial charge in [0, 0.05) is 42.0 Å². The predicted octanol–water partition coefficient (Wildman–Crippen LogP) is 3.27. The molecule has 0 bridgehead atoms. The van der Waals surface area contributed by atoms with Crippen LogP contribution in [-0.2, 0) is 4.79 Å². The van der Waals surface area contributed by atoms with Crippen molar-refractivity contribution in [3.05, 3.63) is 71.9 Å². The Morgan fingerprint density at radius 3 is 2.52 bits per heavy atom. The molecule has 130 valence electrons. The van der Waals surface area contributed by atoms with Crippen molar-refractivity contribution < 1.29 is 4.79 Å². The van der Waals surface area contributed by atoms with Crippen LogP contribution in [0.3, 0.4) is 0 Å². The number of nitrogens with one attached hydrogen (secondary N) is 3. The second-order valence-electron chi connectivity index (χ2n) is 6.46. The van der Waals surface area contributed by atoms with Crippen molar-refractivity contribution in [3.8, 4) is 0 Å². The summed E-state index contributed by atoms with van der Waals surface area (Å²) in [4.78, 5) is 15.7. The first-order valence-corrected chi connectivity index (χ1v) is 8.74. The van der Waals surface area contributed by atoms with E-state index in [2.05, 4.69) is 52.1 Å². The van der Waals surface area contributed by atoms with E-state index in [9.17, 15) is 4.79 Å². The first kappa shape index (κ1) is 17.2. The largest absolute Gasteiger partial charge is 0.361 e. The zero-order valence-corrected chi connectivity index (χ0v) is 14.8. The molecule has 0 fully saturated rings. The maximum Gasteiger partial charge on any atom is 0.224 e. The summed E-state index contributed by atoms with van der Waals surface area (Å²) in [5.74, 6) is 0.141. The molecule has 0 aliphatic heterocycles. The van der Waals surface area contributed by atoms with Gasteiger partial charge >= 0.3 is 0 Å². The van der Waals surface area contributed by atoms with Gasteiger partial charge in [0.25, 0.3) is 0 Å². The highest BCUT2D eigenvalue weighted by molar-refractivity contribution is 5.84. The van der Waals surface area contributed by atoms with Crippen molar-refractivity contribution in [1.82, 2.24) is 15.6 Å². The number of carbonyl (C=O) groups is 1. The highest BCUT2D eigenvalue weighted by Gasteiger charge is 2.20.